The van der Waals surface area contributed by atoms with Crippen molar-refractivity contribution in [2.24, 2.45) is 0 Å². The second kappa shape index (κ2) is 5.71. The maximum atomic E-state index is 11.2. The third-order valence-electron chi connectivity index (χ3n) is 2.87. The van der Waals surface area contributed by atoms with Crippen LogP contribution in [0.1, 0.15) is 11.7 Å². The van der Waals surface area contributed by atoms with Crippen LogP contribution in [0.15, 0.2) is 22.7 Å². The molecule has 1 atom stereocenters. The van der Waals surface area contributed by atoms with Gasteiger partial charge in [-0.05, 0) is 33.6 Å². The smallest absolute Gasteiger partial charge is 0.339 e. The van der Waals surface area contributed by atoms with E-state index in [4.69, 9.17) is 4.74 Å². The van der Waals surface area contributed by atoms with Crippen LogP contribution in [0.3, 0.4) is 0 Å². The zero-order chi connectivity index (χ0) is 14.9. The number of carbonyl (C=O) groups excluding carboxylic acids is 1. The lowest BCUT2D eigenvalue weighted by Crippen LogP contribution is -2.45. The number of hydrogen-bond acceptors (Lipinski definition) is 6. The van der Waals surface area contributed by atoms with E-state index in [1.165, 1.54) is 19.2 Å². The lowest BCUT2D eigenvalue weighted by molar-refractivity contribution is -0.150. The van der Waals surface area contributed by atoms with E-state index >= 15 is 0 Å². The van der Waals surface area contributed by atoms with Crippen LogP contribution in [0.2, 0.25) is 0 Å². The van der Waals surface area contributed by atoms with Crippen molar-refractivity contribution >= 4 is 31.7 Å². The Balaban J connectivity index is 2.08. The highest BCUT2D eigenvalue weighted by molar-refractivity contribution is 9.10. The minimum Gasteiger partial charge on any atom is -0.487 e. The minimum atomic E-state index is -2.94. The van der Waals surface area contributed by atoms with Crippen molar-refractivity contribution in [2.45, 2.75) is 12.2 Å². The van der Waals surface area contributed by atoms with E-state index < -0.39 is 21.9 Å². The minimum absolute atomic E-state index is 0.00593. The van der Waals surface area contributed by atoms with Gasteiger partial charge in [-0.15, -0.1) is 0 Å². The van der Waals surface area contributed by atoms with Gasteiger partial charge in [-0.3, -0.25) is 0 Å². The highest BCUT2D eigenvalue weighted by atomic mass is 79.9. The van der Waals surface area contributed by atoms with Gasteiger partial charge in [-0.1, -0.05) is 6.07 Å². The van der Waals surface area contributed by atoms with Crippen molar-refractivity contribution in [1.82, 2.24) is 0 Å². The highest BCUT2D eigenvalue weighted by Gasteiger charge is 2.35. The molecule has 1 N–H and O–H groups in total. The molecule has 20 heavy (non-hydrogen) atoms. The Morgan fingerprint density at radius 3 is 2.60 bits per heavy atom. The number of ether oxygens (including phenoxy) is 2. The standard InChI is InChI=1S/C12H13BrO6S/c1-18-12(15)11(14)7-2-3-10(9(13)4-7)19-8-5-20(16,17)6-8/h2-4,8,11,14H,5-6H2,1H3. The molecule has 0 aromatic heterocycles. The van der Waals surface area contributed by atoms with Crippen LogP contribution in [-0.4, -0.2) is 44.2 Å². The zero-order valence-electron chi connectivity index (χ0n) is 10.6. The lowest BCUT2D eigenvalue weighted by atomic mass is 10.1. The number of rotatable bonds is 4. The molecule has 0 saturated carbocycles. The largest absolute Gasteiger partial charge is 0.487 e. The summed E-state index contributed by atoms with van der Waals surface area (Å²) >= 11 is 3.26. The van der Waals surface area contributed by atoms with Crippen molar-refractivity contribution in [1.29, 1.82) is 0 Å². The normalized spacial score (nSPS) is 18.9. The Bertz CT molecular complexity index is 615. The topological polar surface area (TPSA) is 89.9 Å². The third kappa shape index (κ3) is 3.31. The Morgan fingerprint density at radius 1 is 1.45 bits per heavy atom. The van der Waals surface area contributed by atoms with Crippen LogP contribution in [0, 0.1) is 0 Å². The summed E-state index contributed by atoms with van der Waals surface area (Å²) in [6.07, 6.45) is -1.72. The molecule has 0 aliphatic carbocycles. The van der Waals surface area contributed by atoms with E-state index in [1.54, 1.807) is 6.07 Å². The second-order valence-corrected chi connectivity index (χ2v) is 7.44. The van der Waals surface area contributed by atoms with Gasteiger partial charge in [0.25, 0.3) is 0 Å². The summed E-state index contributed by atoms with van der Waals surface area (Å²) in [4.78, 5) is 11.2. The SMILES string of the molecule is COC(=O)C(O)c1ccc(OC2CS(=O)(=O)C2)c(Br)c1. The van der Waals surface area contributed by atoms with Crippen molar-refractivity contribution < 1.29 is 27.8 Å². The quantitative estimate of drug-likeness (QED) is 0.795. The molecular formula is C12H13BrO6S. The van der Waals surface area contributed by atoms with Gasteiger partial charge in [0, 0.05) is 0 Å². The number of sulfone groups is 1. The molecule has 1 heterocycles. The first-order chi connectivity index (χ1) is 9.32. The number of aliphatic hydroxyl groups is 1. The molecule has 6 nitrogen and oxygen atoms in total. The molecule has 0 bridgehead atoms. The molecule has 2 rings (SSSR count). The number of esters is 1. The molecule has 0 radical (unpaired) electrons. The summed E-state index contributed by atoms with van der Waals surface area (Å²) in [7, 11) is -1.75. The number of carbonyl (C=O) groups is 1. The molecule has 1 fully saturated rings. The number of hydrogen-bond donors (Lipinski definition) is 1. The highest BCUT2D eigenvalue weighted by Crippen LogP contribution is 2.31. The van der Waals surface area contributed by atoms with E-state index in [0.717, 1.165) is 0 Å². The van der Waals surface area contributed by atoms with Crippen LogP contribution < -0.4 is 4.74 Å². The predicted octanol–water partition coefficient (Wildman–Crippen LogP) is 0.831. The Hall–Kier alpha value is -1.12. The van der Waals surface area contributed by atoms with Gasteiger partial charge in [-0.25, -0.2) is 13.2 Å². The van der Waals surface area contributed by atoms with Crippen molar-refractivity contribution in [2.75, 3.05) is 18.6 Å². The number of methoxy groups -OCH3 is 1. The van der Waals surface area contributed by atoms with E-state index in [-0.39, 0.29) is 17.6 Å². The molecular weight excluding hydrogens is 352 g/mol. The van der Waals surface area contributed by atoms with Gasteiger partial charge in [0.05, 0.1) is 23.1 Å². The maximum absolute atomic E-state index is 11.2. The fraction of sp³-hybridized carbons (Fsp3) is 0.417. The Labute approximate surface area is 124 Å². The lowest BCUT2D eigenvalue weighted by Gasteiger charge is -2.27. The zero-order valence-corrected chi connectivity index (χ0v) is 13.0. The molecule has 8 heteroatoms. The van der Waals surface area contributed by atoms with Crippen LogP contribution >= 0.6 is 15.9 Å². The number of benzene rings is 1. The monoisotopic (exact) mass is 364 g/mol. The van der Waals surface area contributed by atoms with Crippen LogP contribution in [0.25, 0.3) is 0 Å². The molecule has 1 unspecified atom stereocenters. The van der Waals surface area contributed by atoms with Crippen LogP contribution in [0.4, 0.5) is 0 Å². The molecule has 0 spiro atoms. The van der Waals surface area contributed by atoms with E-state index in [0.29, 0.717) is 15.8 Å². The third-order valence-corrected chi connectivity index (χ3v) is 5.25. The number of halogens is 1. The first kappa shape index (κ1) is 15.3. The molecule has 1 aromatic carbocycles. The summed E-state index contributed by atoms with van der Waals surface area (Å²) in [5.41, 5.74) is 0.359. The molecule has 1 saturated heterocycles. The summed E-state index contributed by atoms with van der Waals surface area (Å²) in [5, 5.41) is 9.70. The molecule has 110 valence electrons. The fourth-order valence-electron chi connectivity index (χ4n) is 1.80. The Morgan fingerprint density at radius 2 is 2.10 bits per heavy atom. The van der Waals surface area contributed by atoms with Crippen molar-refractivity contribution in [3.63, 3.8) is 0 Å². The van der Waals surface area contributed by atoms with Crippen LogP contribution in [0.5, 0.6) is 5.75 Å². The molecule has 1 aliphatic rings. The first-order valence-corrected chi connectivity index (χ1v) is 8.36. The summed E-state index contributed by atoms with van der Waals surface area (Å²) in [6, 6.07) is 4.62. The van der Waals surface area contributed by atoms with E-state index in [9.17, 15) is 18.3 Å². The molecule has 0 amide bonds. The Kier molecular flexibility index (Phi) is 4.36. The van der Waals surface area contributed by atoms with Gasteiger partial charge < -0.3 is 14.6 Å². The molecule has 1 aliphatic heterocycles. The van der Waals surface area contributed by atoms with Crippen molar-refractivity contribution in [3.8, 4) is 5.75 Å². The number of aliphatic hydroxyl groups excluding tert-OH is 1. The fourth-order valence-corrected chi connectivity index (χ4v) is 3.46. The second-order valence-electron chi connectivity index (χ2n) is 4.43. The van der Waals surface area contributed by atoms with E-state index in [1.807, 2.05) is 0 Å². The van der Waals surface area contributed by atoms with Crippen molar-refractivity contribution in [3.05, 3.63) is 28.2 Å². The molecule has 1 aromatic rings. The average Bonchev–Trinajstić information content (AvgIpc) is 2.37. The van der Waals surface area contributed by atoms with Gasteiger partial charge in [-0.2, -0.15) is 0 Å². The van der Waals surface area contributed by atoms with Gasteiger partial charge >= 0.3 is 5.97 Å². The predicted molar refractivity (Wildman–Crippen MR) is 74.2 cm³/mol. The van der Waals surface area contributed by atoms with E-state index in [2.05, 4.69) is 20.7 Å². The maximum Gasteiger partial charge on any atom is 0.339 e. The van der Waals surface area contributed by atoms with Crippen LogP contribution in [-0.2, 0) is 19.4 Å². The average molecular weight is 365 g/mol. The summed E-state index contributed by atoms with van der Waals surface area (Å²) < 4.78 is 32.6. The van der Waals surface area contributed by atoms with Gasteiger partial charge in [0.2, 0.25) is 0 Å². The summed E-state index contributed by atoms with van der Waals surface area (Å²) in [5.74, 6) is -0.279. The van der Waals surface area contributed by atoms with Gasteiger partial charge in [0.1, 0.15) is 11.9 Å². The first-order valence-electron chi connectivity index (χ1n) is 5.75. The van der Waals surface area contributed by atoms with Gasteiger partial charge in [0.15, 0.2) is 15.9 Å². The summed E-state index contributed by atoms with van der Waals surface area (Å²) in [6.45, 7) is 0.